The van der Waals surface area contributed by atoms with Crippen molar-refractivity contribution in [3.63, 3.8) is 0 Å². The van der Waals surface area contributed by atoms with E-state index in [1.807, 2.05) is 26.6 Å². The van der Waals surface area contributed by atoms with Crippen LogP contribution in [0.25, 0.3) is 5.69 Å². The van der Waals surface area contributed by atoms with Crippen LogP contribution in [0, 0.1) is 17.3 Å². The average Bonchev–Trinajstić information content (AvgIpc) is 2.57. The lowest BCUT2D eigenvalue weighted by molar-refractivity contribution is -0.144. The van der Waals surface area contributed by atoms with Gasteiger partial charge in [0.15, 0.2) is 0 Å². The van der Waals surface area contributed by atoms with Crippen molar-refractivity contribution in [2.75, 3.05) is 5.75 Å². The van der Waals surface area contributed by atoms with Gasteiger partial charge in [0.2, 0.25) is 0 Å². The van der Waals surface area contributed by atoms with Crippen LogP contribution in [-0.2, 0) is 13.2 Å². The van der Waals surface area contributed by atoms with Gasteiger partial charge in [-0.1, -0.05) is 32.5 Å². The number of aromatic nitrogens is 2. The Balaban J connectivity index is 2.78. The summed E-state index contributed by atoms with van der Waals surface area (Å²) in [6.45, 7) is 7.96. The largest absolute Gasteiger partial charge is 0.431 e. The molecule has 2 aromatic rings. The molecule has 1 aromatic heterocycles. The molecule has 0 unspecified atom stereocenters. The second-order valence-corrected chi connectivity index (χ2v) is 13.3. The maximum absolute atomic E-state index is 14.8. The number of benzene rings is 1. The lowest BCUT2D eigenvalue weighted by Gasteiger charge is -2.15. The molecule has 10 heteroatoms. The van der Waals surface area contributed by atoms with E-state index in [2.05, 4.69) is 11.5 Å². The Labute approximate surface area is 170 Å². The lowest BCUT2D eigenvalue weighted by Crippen LogP contribution is -2.41. The molecular formula is C19H20F4N2O2SSi. The van der Waals surface area contributed by atoms with E-state index in [0.717, 1.165) is 13.1 Å². The molecule has 0 aliphatic rings. The predicted molar refractivity (Wildman–Crippen MR) is 109 cm³/mol. The van der Waals surface area contributed by atoms with E-state index in [4.69, 9.17) is 0 Å². The molecule has 0 radical (unpaired) electrons. The zero-order valence-electron chi connectivity index (χ0n) is 16.6. The predicted octanol–water partition coefficient (Wildman–Crippen LogP) is 4.04. The molecule has 0 saturated heterocycles. The lowest BCUT2D eigenvalue weighted by atomic mass is 10.2. The van der Waals surface area contributed by atoms with E-state index in [-0.39, 0.29) is 10.6 Å². The Morgan fingerprint density at radius 3 is 2.28 bits per heavy atom. The Morgan fingerprint density at radius 1 is 1.14 bits per heavy atom. The van der Waals surface area contributed by atoms with Crippen molar-refractivity contribution < 1.29 is 17.6 Å². The van der Waals surface area contributed by atoms with Crippen molar-refractivity contribution in [3.8, 4) is 17.2 Å². The Hall–Kier alpha value is -2.25. The highest BCUT2D eigenvalue weighted by Gasteiger charge is 2.35. The van der Waals surface area contributed by atoms with Crippen LogP contribution in [0.1, 0.15) is 18.2 Å². The van der Waals surface area contributed by atoms with Gasteiger partial charge in [0.1, 0.15) is 19.6 Å². The Morgan fingerprint density at radius 2 is 1.76 bits per heavy atom. The standard InChI is InChI=1S/C19H20F4N2O2SSi/c1-6-28-15-10-14(13(20)9-12(15)7-8-29(3,4)5)25-17(26)11-16(19(21,22)23)24(2)18(25)27/h9-11H,6H2,1-5H3. The highest BCUT2D eigenvalue weighted by Crippen LogP contribution is 2.28. The zero-order valence-corrected chi connectivity index (χ0v) is 18.4. The van der Waals surface area contributed by atoms with Crippen LogP contribution < -0.4 is 11.2 Å². The number of alkyl halides is 3. The fraction of sp³-hybridized carbons (Fsp3) is 0.368. The molecule has 0 amide bonds. The minimum absolute atomic E-state index is 0.284. The number of thioether (sulfide) groups is 1. The summed E-state index contributed by atoms with van der Waals surface area (Å²) in [5.74, 6) is 2.66. The SMILES string of the molecule is CCSc1cc(-n2c(=O)cc(C(F)(F)F)n(C)c2=O)c(F)cc1C#C[Si](C)(C)C. The third-order valence-electron chi connectivity index (χ3n) is 3.77. The van der Waals surface area contributed by atoms with Crippen LogP contribution in [0.3, 0.4) is 0 Å². The van der Waals surface area contributed by atoms with Crippen LogP contribution in [0.15, 0.2) is 32.7 Å². The maximum Gasteiger partial charge on any atom is 0.431 e. The van der Waals surface area contributed by atoms with E-state index < -0.39 is 42.7 Å². The highest BCUT2D eigenvalue weighted by atomic mass is 32.2. The molecule has 29 heavy (non-hydrogen) atoms. The molecule has 0 N–H and O–H groups in total. The van der Waals surface area contributed by atoms with Crippen LogP contribution in [0.2, 0.25) is 19.6 Å². The van der Waals surface area contributed by atoms with Gasteiger partial charge in [0.25, 0.3) is 5.56 Å². The Bertz CT molecular complexity index is 1120. The van der Waals surface area contributed by atoms with Crippen molar-refractivity contribution in [1.29, 1.82) is 0 Å². The highest BCUT2D eigenvalue weighted by molar-refractivity contribution is 7.99. The molecule has 1 heterocycles. The van der Waals surface area contributed by atoms with Gasteiger partial charge >= 0.3 is 11.9 Å². The van der Waals surface area contributed by atoms with E-state index in [1.54, 1.807) is 0 Å². The quantitative estimate of drug-likeness (QED) is 0.311. The third kappa shape index (κ3) is 5.22. The molecule has 2 rings (SSSR count). The van der Waals surface area contributed by atoms with Gasteiger partial charge in [-0.05, 0) is 17.9 Å². The fourth-order valence-corrected chi connectivity index (χ4v) is 3.74. The van der Waals surface area contributed by atoms with Crippen LogP contribution >= 0.6 is 11.8 Å². The normalized spacial score (nSPS) is 11.9. The molecule has 0 fully saturated rings. The first kappa shape index (κ1) is 23.0. The van der Waals surface area contributed by atoms with Crippen molar-refractivity contribution in [3.05, 3.63) is 56.1 Å². The van der Waals surface area contributed by atoms with Crippen LogP contribution in [0.4, 0.5) is 17.6 Å². The number of hydrogen-bond donors (Lipinski definition) is 0. The molecular weight excluding hydrogens is 424 g/mol. The summed E-state index contributed by atoms with van der Waals surface area (Å²) in [4.78, 5) is 25.3. The van der Waals surface area contributed by atoms with Crippen molar-refractivity contribution in [1.82, 2.24) is 9.13 Å². The van der Waals surface area contributed by atoms with E-state index in [9.17, 15) is 27.2 Å². The number of hydrogen-bond acceptors (Lipinski definition) is 3. The molecule has 0 spiro atoms. The minimum Gasteiger partial charge on any atom is -0.292 e. The van der Waals surface area contributed by atoms with Gasteiger partial charge in [-0.2, -0.15) is 13.2 Å². The van der Waals surface area contributed by atoms with Crippen LogP contribution in [0.5, 0.6) is 0 Å². The summed E-state index contributed by atoms with van der Waals surface area (Å²) < 4.78 is 54.6. The van der Waals surface area contributed by atoms with E-state index >= 15 is 0 Å². The van der Waals surface area contributed by atoms with Crippen molar-refractivity contribution in [2.24, 2.45) is 7.05 Å². The number of rotatable bonds is 3. The molecule has 156 valence electrons. The summed E-state index contributed by atoms with van der Waals surface area (Å²) in [5.41, 5.74) is -0.796. The molecule has 0 aliphatic heterocycles. The summed E-state index contributed by atoms with van der Waals surface area (Å²) >= 11 is 1.34. The first-order valence-corrected chi connectivity index (χ1v) is 13.1. The van der Waals surface area contributed by atoms with Gasteiger partial charge in [0, 0.05) is 23.6 Å². The molecule has 4 nitrogen and oxygen atoms in total. The molecule has 0 saturated carbocycles. The van der Waals surface area contributed by atoms with Gasteiger partial charge in [-0.25, -0.2) is 13.8 Å². The molecule has 0 bridgehead atoms. The minimum atomic E-state index is -4.88. The van der Waals surface area contributed by atoms with E-state index in [0.29, 0.717) is 20.8 Å². The van der Waals surface area contributed by atoms with Crippen LogP contribution in [-0.4, -0.2) is 23.0 Å². The molecule has 0 atom stereocenters. The van der Waals surface area contributed by atoms with Gasteiger partial charge in [0.05, 0.1) is 5.69 Å². The second-order valence-electron chi connectivity index (χ2n) is 7.28. The first-order valence-electron chi connectivity index (χ1n) is 8.66. The summed E-state index contributed by atoms with van der Waals surface area (Å²) in [7, 11) is -0.855. The van der Waals surface area contributed by atoms with Gasteiger partial charge in [-0.3, -0.25) is 9.36 Å². The topological polar surface area (TPSA) is 44.0 Å². The third-order valence-corrected chi connectivity index (χ3v) is 5.58. The summed E-state index contributed by atoms with van der Waals surface area (Å²) in [6.07, 6.45) is -4.88. The van der Waals surface area contributed by atoms with Crippen molar-refractivity contribution >= 4 is 19.8 Å². The summed E-state index contributed by atoms with van der Waals surface area (Å²) in [5, 5.41) is 0. The number of halogens is 4. The fourth-order valence-electron chi connectivity index (χ4n) is 2.46. The van der Waals surface area contributed by atoms with Gasteiger partial charge < -0.3 is 0 Å². The van der Waals surface area contributed by atoms with E-state index in [1.165, 1.54) is 17.8 Å². The molecule has 1 aromatic carbocycles. The zero-order chi connectivity index (χ0) is 22.1. The van der Waals surface area contributed by atoms with Gasteiger partial charge in [-0.15, -0.1) is 17.3 Å². The first-order chi connectivity index (χ1) is 13.3. The smallest absolute Gasteiger partial charge is 0.292 e. The summed E-state index contributed by atoms with van der Waals surface area (Å²) in [6, 6.07) is 2.68. The average molecular weight is 445 g/mol. The Kier molecular flexibility index (Phi) is 6.54. The van der Waals surface area contributed by atoms with Crippen molar-refractivity contribution in [2.45, 2.75) is 37.6 Å². The number of nitrogens with zero attached hydrogens (tertiary/aromatic N) is 2. The maximum atomic E-state index is 14.8. The molecule has 0 aliphatic carbocycles. The monoisotopic (exact) mass is 444 g/mol. The second kappa shape index (κ2) is 8.24.